The molecule has 0 saturated carbocycles. The molecule has 4 rings (SSSR count). The number of aromatic amines is 1. The van der Waals surface area contributed by atoms with E-state index in [2.05, 4.69) is 20.6 Å². The lowest BCUT2D eigenvalue weighted by Gasteiger charge is -2.10. The number of rotatable bonds is 11. The summed E-state index contributed by atoms with van der Waals surface area (Å²) in [6.45, 7) is 4.17. The average molecular weight is 419 g/mol. The molecule has 0 amide bonds. The van der Waals surface area contributed by atoms with Crippen molar-refractivity contribution in [3.05, 3.63) is 71.7 Å². The van der Waals surface area contributed by atoms with Gasteiger partial charge in [-0.3, -0.25) is 0 Å². The van der Waals surface area contributed by atoms with E-state index in [1.807, 2.05) is 61.5 Å². The number of hydrogen-bond donors (Lipinski definition) is 1. The molecule has 0 aliphatic carbocycles. The minimum atomic E-state index is 0.392. The Kier molecular flexibility index (Phi) is 7.02. The molecule has 0 atom stereocenters. The van der Waals surface area contributed by atoms with Crippen molar-refractivity contribution in [2.45, 2.75) is 33.0 Å². The molecule has 31 heavy (non-hydrogen) atoms. The zero-order valence-corrected chi connectivity index (χ0v) is 17.5. The zero-order valence-electron chi connectivity index (χ0n) is 17.5. The first kappa shape index (κ1) is 20.7. The molecule has 2 aromatic heterocycles. The number of H-pyrrole nitrogens is 1. The van der Waals surface area contributed by atoms with Gasteiger partial charge in [0.25, 0.3) is 0 Å². The van der Waals surface area contributed by atoms with Crippen LogP contribution in [0.3, 0.4) is 0 Å². The molecule has 0 aliphatic rings. The SMILES string of the molecule is CCOc1cccc2ccc(COc3ccc(COCCCc4nnn[nH]4)cc3)nc12. The predicted octanol–water partition coefficient (Wildman–Crippen LogP) is 3.88. The molecule has 160 valence electrons. The van der Waals surface area contributed by atoms with Crippen molar-refractivity contribution in [1.29, 1.82) is 0 Å². The number of fused-ring (bicyclic) bond motifs is 1. The monoisotopic (exact) mass is 419 g/mol. The molecular formula is C23H25N5O3. The third kappa shape index (κ3) is 5.76. The summed E-state index contributed by atoms with van der Waals surface area (Å²) >= 11 is 0. The molecule has 0 saturated heterocycles. The summed E-state index contributed by atoms with van der Waals surface area (Å²) in [5.41, 5.74) is 2.81. The summed E-state index contributed by atoms with van der Waals surface area (Å²) in [4.78, 5) is 4.72. The molecule has 2 aromatic carbocycles. The van der Waals surface area contributed by atoms with E-state index < -0.39 is 0 Å². The maximum atomic E-state index is 5.91. The number of ether oxygens (including phenoxy) is 3. The lowest BCUT2D eigenvalue weighted by molar-refractivity contribution is 0.118. The zero-order chi connectivity index (χ0) is 21.3. The third-order valence-electron chi connectivity index (χ3n) is 4.71. The molecule has 2 heterocycles. The fourth-order valence-electron chi connectivity index (χ4n) is 3.17. The number of tetrazole rings is 1. The summed E-state index contributed by atoms with van der Waals surface area (Å²) in [5, 5.41) is 14.7. The van der Waals surface area contributed by atoms with Crippen LogP contribution < -0.4 is 9.47 Å². The van der Waals surface area contributed by atoms with Crippen LogP contribution in [-0.4, -0.2) is 38.8 Å². The Labute approximate surface area is 180 Å². The van der Waals surface area contributed by atoms with Gasteiger partial charge in [0, 0.05) is 18.4 Å². The Balaban J connectivity index is 1.25. The summed E-state index contributed by atoms with van der Waals surface area (Å²) in [7, 11) is 0. The van der Waals surface area contributed by atoms with Crippen LogP contribution >= 0.6 is 0 Å². The van der Waals surface area contributed by atoms with Crippen LogP contribution in [0.15, 0.2) is 54.6 Å². The largest absolute Gasteiger partial charge is 0.492 e. The number of nitrogens with one attached hydrogen (secondary N) is 1. The molecular weight excluding hydrogens is 394 g/mol. The molecule has 0 unspecified atom stereocenters. The van der Waals surface area contributed by atoms with Crippen LogP contribution in [0.2, 0.25) is 0 Å². The van der Waals surface area contributed by atoms with Gasteiger partial charge in [-0.15, -0.1) is 5.10 Å². The van der Waals surface area contributed by atoms with E-state index in [9.17, 15) is 0 Å². The number of aromatic nitrogens is 5. The van der Waals surface area contributed by atoms with Gasteiger partial charge in [-0.1, -0.05) is 30.3 Å². The van der Waals surface area contributed by atoms with Gasteiger partial charge in [-0.2, -0.15) is 0 Å². The van der Waals surface area contributed by atoms with E-state index in [-0.39, 0.29) is 0 Å². The van der Waals surface area contributed by atoms with Crippen molar-refractivity contribution in [3.63, 3.8) is 0 Å². The molecule has 8 nitrogen and oxygen atoms in total. The highest BCUT2D eigenvalue weighted by Gasteiger charge is 2.06. The van der Waals surface area contributed by atoms with Crippen LogP contribution in [0.4, 0.5) is 0 Å². The van der Waals surface area contributed by atoms with Gasteiger partial charge in [0.2, 0.25) is 0 Å². The number of benzene rings is 2. The van der Waals surface area contributed by atoms with Crippen molar-refractivity contribution in [2.75, 3.05) is 13.2 Å². The normalized spacial score (nSPS) is 11.0. The van der Waals surface area contributed by atoms with E-state index in [4.69, 9.17) is 19.2 Å². The molecule has 0 bridgehead atoms. The predicted molar refractivity (Wildman–Crippen MR) is 116 cm³/mol. The standard InChI is InChI=1S/C23H25N5O3/c1-2-30-21-6-3-5-18-10-11-19(24-23(18)21)16-31-20-12-8-17(9-13-20)15-29-14-4-7-22-25-27-28-26-22/h3,5-6,8-13H,2,4,7,14-16H2,1H3,(H,25,26,27,28). The van der Waals surface area contributed by atoms with Gasteiger partial charge >= 0.3 is 0 Å². The van der Waals surface area contributed by atoms with Gasteiger partial charge in [-0.05, 0) is 53.6 Å². The topological polar surface area (TPSA) is 95.0 Å². The molecule has 0 fully saturated rings. The van der Waals surface area contributed by atoms with E-state index in [0.717, 1.165) is 52.3 Å². The van der Waals surface area contributed by atoms with E-state index in [1.165, 1.54) is 0 Å². The average Bonchev–Trinajstić information content (AvgIpc) is 3.32. The highest BCUT2D eigenvalue weighted by molar-refractivity contribution is 5.84. The maximum Gasteiger partial charge on any atom is 0.148 e. The highest BCUT2D eigenvalue weighted by Crippen LogP contribution is 2.24. The number of pyridine rings is 1. The number of para-hydroxylation sites is 1. The van der Waals surface area contributed by atoms with Crippen LogP contribution in [0.25, 0.3) is 10.9 Å². The minimum Gasteiger partial charge on any atom is -0.492 e. The number of hydrogen-bond acceptors (Lipinski definition) is 7. The third-order valence-corrected chi connectivity index (χ3v) is 4.71. The van der Waals surface area contributed by atoms with E-state index >= 15 is 0 Å². The minimum absolute atomic E-state index is 0.392. The summed E-state index contributed by atoms with van der Waals surface area (Å²) in [6.07, 6.45) is 1.64. The lowest BCUT2D eigenvalue weighted by atomic mass is 10.2. The van der Waals surface area contributed by atoms with Crippen molar-refractivity contribution in [1.82, 2.24) is 25.6 Å². The summed E-state index contributed by atoms with van der Waals surface area (Å²) < 4.78 is 17.3. The Morgan fingerprint density at radius 2 is 1.84 bits per heavy atom. The Morgan fingerprint density at radius 3 is 2.65 bits per heavy atom. The van der Waals surface area contributed by atoms with Gasteiger partial charge in [0.1, 0.15) is 29.4 Å². The first-order valence-corrected chi connectivity index (χ1v) is 10.4. The molecule has 0 spiro atoms. The van der Waals surface area contributed by atoms with Crippen LogP contribution in [0, 0.1) is 0 Å². The number of aryl methyl sites for hydroxylation is 1. The molecule has 0 radical (unpaired) electrons. The second-order valence-electron chi connectivity index (χ2n) is 7.00. The van der Waals surface area contributed by atoms with Crippen LogP contribution in [0.1, 0.15) is 30.4 Å². The quantitative estimate of drug-likeness (QED) is 0.369. The van der Waals surface area contributed by atoms with Gasteiger partial charge in [0.05, 0.1) is 18.9 Å². The number of nitrogens with zero attached hydrogens (tertiary/aromatic N) is 4. The molecule has 0 aliphatic heterocycles. The van der Waals surface area contributed by atoms with Gasteiger partial charge < -0.3 is 14.2 Å². The maximum absolute atomic E-state index is 5.91. The lowest BCUT2D eigenvalue weighted by Crippen LogP contribution is -2.01. The fraction of sp³-hybridized carbons (Fsp3) is 0.304. The first-order valence-electron chi connectivity index (χ1n) is 10.4. The Hall–Kier alpha value is -3.52. The van der Waals surface area contributed by atoms with Gasteiger partial charge in [0.15, 0.2) is 0 Å². The smallest absolute Gasteiger partial charge is 0.148 e. The summed E-state index contributed by atoms with van der Waals surface area (Å²) in [5.74, 6) is 2.37. The van der Waals surface area contributed by atoms with Crippen molar-refractivity contribution in [2.24, 2.45) is 0 Å². The first-order chi connectivity index (χ1) is 15.3. The summed E-state index contributed by atoms with van der Waals surface area (Å²) in [6, 6.07) is 17.9. The van der Waals surface area contributed by atoms with Crippen molar-refractivity contribution in [3.8, 4) is 11.5 Å². The second kappa shape index (κ2) is 10.5. The molecule has 4 aromatic rings. The molecule has 1 N–H and O–H groups in total. The van der Waals surface area contributed by atoms with Crippen molar-refractivity contribution >= 4 is 10.9 Å². The van der Waals surface area contributed by atoms with Gasteiger partial charge in [-0.25, -0.2) is 10.1 Å². The van der Waals surface area contributed by atoms with Crippen LogP contribution in [-0.2, 0) is 24.4 Å². The Morgan fingerprint density at radius 1 is 0.935 bits per heavy atom. The van der Waals surface area contributed by atoms with E-state index in [0.29, 0.717) is 26.4 Å². The second-order valence-corrected chi connectivity index (χ2v) is 7.00. The molecule has 8 heteroatoms. The van der Waals surface area contributed by atoms with E-state index in [1.54, 1.807) is 0 Å². The Bertz CT molecular complexity index is 1080. The van der Waals surface area contributed by atoms with Crippen molar-refractivity contribution < 1.29 is 14.2 Å². The van der Waals surface area contributed by atoms with Crippen LogP contribution in [0.5, 0.6) is 11.5 Å². The fourth-order valence-corrected chi connectivity index (χ4v) is 3.17. The highest BCUT2D eigenvalue weighted by atomic mass is 16.5.